The zero-order valence-electron chi connectivity index (χ0n) is 13.5. The number of anilines is 1. The van der Waals surface area contributed by atoms with Gasteiger partial charge in [-0.2, -0.15) is 0 Å². The molecule has 0 unspecified atom stereocenters. The summed E-state index contributed by atoms with van der Waals surface area (Å²) in [4.78, 5) is 12.5. The first kappa shape index (κ1) is 16.5. The van der Waals surface area contributed by atoms with Gasteiger partial charge < -0.3 is 5.32 Å². The standard InChI is InChI=1S/C18H20N2O3S/c1-24(22,23)20-15-11-9-14(10-12-15)18(21)19-17-8-4-6-13-5-2-3-7-16(13)17/h2-3,5,7,9-12,17,20H,4,6,8H2,1H3,(H,19,21)/t17-/m1/s1. The summed E-state index contributed by atoms with van der Waals surface area (Å²) in [5, 5.41) is 3.08. The van der Waals surface area contributed by atoms with Crippen molar-refractivity contribution >= 4 is 21.6 Å². The van der Waals surface area contributed by atoms with E-state index in [4.69, 9.17) is 0 Å². The number of nitrogens with one attached hydrogen (secondary N) is 2. The molecule has 0 saturated heterocycles. The van der Waals surface area contributed by atoms with Crippen LogP contribution in [0, 0.1) is 0 Å². The van der Waals surface area contributed by atoms with Gasteiger partial charge in [0, 0.05) is 11.3 Å². The van der Waals surface area contributed by atoms with Crippen LogP contribution in [0.5, 0.6) is 0 Å². The fraction of sp³-hybridized carbons (Fsp3) is 0.278. The molecule has 1 atom stereocenters. The highest BCUT2D eigenvalue weighted by Crippen LogP contribution is 2.29. The summed E-state index contributed by atoms with van der Waals surface area (Å²) in [6.07, 6.45) is 4.12. The molecule has 0 fully saturated rings. The van der Waals surface area contributed by atoms with Crippen molar-refractivity contribution in [3.63, 3.8) is 0 Å². The van der Waals surface area contributed by atoms with Crippen LogP contribution in [0.15, 0.2) is 48.5 Å². The number of hydrogen-bond acceptors (Lipinski definition) is 3. The lowest BCUT2D eigenvalue weighted by Gasteiger charge is -2.26. The number of carbonyl (C=O) groups excluding carboxylic acids is 1. The maximum atomic E-state index is 12.5. The van der Waals surface area contributed by atoms with Gasteiger partial charge >= 0.3 is 0 Å². The molecule has 0 aliphatic heterocycles. The molecule has 1 amide bonds. The minimum absolute atomic E-state index is 0.0243. The lowest BCUT2D eigenvalue weighted by Crippen LogP contribution is -2.30. The van der Waals surface area contributed by atoms with Crippen LogP contribution in [0.1, 0.15) is 40.4 Å². The van der Waals surface area contributed by atoms with Crippen LogP contribution in [0.3, 0.4) is 0 Å². The average molecular weight is 344 g/mol. The van der Waals surface area contributed by atoms with Crippen molar-refractivity contribution in [1.82, 2.24) is 5.32 Å². The third-order valence-electron chi connectivity index (χ3n) is 4.13. The summed E-state index contributed by atoms with van der Waals surface area (Å²) >= 11 is 0. The maximum Gasteiger partial charge on any atom is 0.251 e. The third-order valence-corrected chi connectivity index (χ3v) is 4.73. The Morgan fingerprint density at radius 2 is 1.79 bits per heavy atom. The molecule has 126 valence electrons. The van der Waals surface area contributed by atoms with Gasteiger partial charge in [0.25, 0.3) is 5.91 Å². The summed E-state index contributed by atoms with van der Waals surface area (Å²) in [5.74, 6) is -0.150. The number of sulfonamides is 1. The van der Waals surface area contributed by atoms with Crippen molar-refractivity contribution in [2.24, 2.45) is 0 Å². The Morgan fingerprint density at radius 1 is 1.08 bits per heavy atom. The Labute approximate surface area is 142 Å². The fourth-order valence-electron chi connectivity index (χ4n) is 3.05. The lowest BCUT2D eigenvalue weighted by molar-refractivity contribution is 0.0933. The molecule has 2 aromatic rings. The summed E-state index contributed by atoms with van der Waals surface area (Å²) in [6, 6.07) is 14.6. The van der Waals surface area contributed by atoms with Gasteiger partial charge in [0.2, 0.25) is 10.0 Å². The zero-order valence-corrected chi connectivity index (χ0v) is 14.3. The second-order valence-corrected chi connectivity index (χ2v) is 7.82. The van der Waals surface area contributed by atoms with Crippen LogP contribution in [0.25, 0.3) is 0 Å². The first-order valence-corrected chi connectivity index (χ1v) is 9.78. The van der Waals surface area contributed by atoms with Crippen molar-refractivity contribution in [2.45, 2.75) is 25.3 Å². The lowest BCUT2D eigenvalue weighted by atomic mass is 9.87. The van der Waals surface area contributed by atoms with Crippen molar-refractivity contribution < 1.29 is 13.2 Å². The molecule has 2 aromatic carbocycles. The van der Waals surface area contributed by atoms with Crippen LogP contribution in [0.2, 0.25) is 0 Å². The van der Waals surface area contributed by atoms with Crippen molar-refractivity contribution in [3.05, 3.63) is 65.2 Å². The van der Waals surface area contributed by atoms with Gasteiger partial charge in [-0.25, -0.2) is 8.42 Å². The van der Waals surface area contributed by atoms with E-state index in [0.29, 0.717) is 11.3 Å². The smallest absolute Gasteiger partial charge is 0.251 e. The van der Waals surface area contributed by atoms with E-state index in [2.05, 4.69) is 22.2 Å². The molecular weight excluding hydrogens is 324 g/mol. The van der Waals surface area contributed by atoms with E-state index >= 15 is 0 Å². The molecule has 1 aliphatic rings. The Hall–Kier alpha value is -2.34. The van der Waals surface area contributed by atoms with Gasteiger partial charge in [-0.15, -0.1) is 0 Å². The molecule has 0 aromatic heterocycles. The van der Waals surface area contributed by atoms with Crippen molar-refractivity contribution in [3.8, 4) is 0 Å². The monoisotopic (exact) mass is 344 g/mol. The largest absolute Gasteiger partial charge is 0.345 e. The van der Waals surface area contributed by atoms with E-state index < -0.39 is 10.0 Å². The Kier molecular flexibility index (Phi) is 4.57. The van der Waals surface area contributed by atoms with Crippen molar-refractivity contribution in [1.29, 1.82) is 0 Å². The second kappa shape index (κ2) is 6.65. The average Bonchev–Trinajstić information content (AvgIpc) is 2.54. The van der Waals surface area contributed by atoms with Gasteiger partial charge in [-0.1, -0.05) is 24.3 Å². The Balaban J connectivity index is 1.72. The van der Waals surface area contributed by atoms with Crippen LogP contribution in [0.4, 0.5) is 5.69 Å². The normalized spacial score (nSPS) is 17.0. The second-order valence-electron chi connectivity index (χ2n) is 6.07. The predicted molar refractivity (Wildman–Crippen MR) is 94.5 cm³/mol. The highest BCUT2D eigenvalue weighted by atomic mass is 32.2. The van der Waals surface area contributed by atoms with Crippen molar-refractivity contribution in [2.75, 3.05) is 11.0 Å². The fourth-order valence-corrected chi connectivity index (χ4v) is 3.61. The highest BCUT2D eigenvalue weighted by molar-refractivity contribution is 7.92. The quantitative estimate of drug-likeness (QED) is 0.895. The molecule has 24 heavy (non-hydrogen) atoms. The molecule has 0 heterocycles. The van der Waals surface area contributed by atoms with Crippen LogP contribution in [-0.2, 0) is 16.4 Å². The predicted octanol–water partition coefficient (Wildman–Crippen LogP) is 2.87. The summed E-state index contributed by atoms with van der Waals surface area (Å²) in [7, 11) is -3.32. The van der Waals surface area contributed by atoms with E-state index in [-0.39, 0.29) is 11.9 Å². The van der Waals surface area contributed by atoms with Gasteiger partial charge in [-0.3, -0.25) is 9.52 Å². The number of hydrogen-bond donors (Lipinski definition) is 2. The zero-order chi connectivity index (χ0) is 17.2. The van der Waals surface area contributed by atoms with E-state index in [1.807, 2.05) is 12.1 Å². The number of fused-ring (bicyclic) bond motifs is 1. The first-order chi connectivity index (χ1) is 11.4. The molecule has 0 radical (unpaired) electrons. The number of benzene rings is 2. The highest BCUT2D eigenvalue weighted by Gasteiger charge is 2.21. The minimum Gasteiger partial charge on any atom is -0.345 e. The molecular formula is C18H20N2O3S. The SMILES string of the molecule is CS(=O)(=O)Nc1ccc(C(=O)N[C@@H]2CCCc3ccccc32)cc1. The molecule has 0 bridgehead atoms. The molecule has 0 saturated carbocycles. The topological polar surface area (TPSA) is 75.3 Å². The molecule has 0 spiro atoms. The molecule has 6 heteroatoms. The van der Waals surface area contributed by atoms with E-state index in [1.54, 1.807) is 24.3 Å². The summed E-state index contributed by atoms with van der Waals surface area (Å²) in [5.41, 5.74) is 3.43. The minimum atomic E-state index is -3.32. The molecule has 2 N–H and O–H groups in total. The van der Waals surface area contributed by atoms with Crippen LogP contribution >= 0.6 is 0 Å². The Bertz CT molecular complexity index is 845. The van der Waals surface area contributed by atoms with E-state index in [9.17, 15) is 13.2 Å². The summed E-state index contributed by atoms with van der Waals surface area (Å²) in [6.45, 7) is 0. The molecule has 5 nitrogen and oxygen atoms in total. The summed E-state index contributed by atoms with van der Waals surface area (Å²) < 4.78 is 24.8. The Morgan fingerprint density at radius 3 is 2.50 bits per heavy atom. The van der Waals surface area contributed by atoms with E-state index in [0.717, 1.165) is 25.5 Å². The maximum absolute atomic E-state index is 12.5. The third kappa shape index (κ3) is 3.94. The van der Waals surface area contributed by atoms with Gasteiger partial charge in [0.1, 0.15) is 0 Å². The number of rotatable bonds is 4. The van der Waals surface area contributed by atoms with Crippen LogP contribution < -0.4 is 10.0 Å². The molecule has 1 aliphatic carbocycles. The number of amides is 1. The molecule has 3 rings (SSSR count). The van der Waals surface area contributed by atoms with Gasteiger partial charge in [0.05, 0.1) is 12.3 Å². The van der Waals surface area contributed by atoms with Crippen LogP contribution in [-0.4, -0.2) is 20.6 Å². The van der Waals surface area contributed by atoms with E-state index in [1.165, 1.54) is 11.1 Å². The number of aryl methyl sites for hydroxylation is 1. The number of carbonyl (C=O) groups is 1. The van der Waals surface area contributed by atoms with Gasteiger partial charge in [-0.05, 0) is 54.7 Å². The first-order valence-electron chi connectivity index (χ1n) is 7.89. The van der Waals surface area contributed by atoms with Gasteiger partial charge in [0.15, 0.2) is 0 Å².